The number of aliphatic imine (C=N–C) groups is 1. The summed E-state index contributed by atoms with van der Waals surface area (Å²) < 4.78 is 5.56. The van der Waals surface area contributed by atoms with Crippen LogP contribution in [0.1, 0.15) is 49.9 Å². The summed E-state index contributed by atoms with van der Waals surface area (Å²) in [7, 11) is 0. The third-order valence-corrected chi connectivity index (χ3v) is 7.48. The average Bonchev–Trinajstić information content (AvgIpc) is 3.37. The highest BCUT2D eigenvalue weighted by atomic mass is 127. The van der Waals surface area contributed by atoms with Gasteiger partial charge < -0.3 is 15.4 Å². The van der Waals surface area contributed by atoms with Gasteiger partial charge in [-0.05, 0) is 55.4 Å². The number of morpholine rings is 1. The van der Waals surface area contributed by atoms with Crippen molar-refractivity contribution in [1.82, 2.24) is 15.5 Å². The average molecular weight is 519 g/mol. The van der Waals surface area contributed by atoms with Gasteiger partial charge in [0.05, 0.1) is 19.3 Å². The molecular formula is C21H35IN4OS. The number of guanidine groups is 1. The molecule has 1 aromatic heterocycles. The second kappa shape index (κ2) is 10.6. The monoisotopic (exact) mass is 518 g/mol. The summed E-state index contributed by atoms with van der Waals surface area (Å²) in [5.74, 6) is 1.93. The molecule has 4 rings (SSSR count). The van der Waals surface area contributed by atoms with E-state index >= 15 is 0 Å². The van der Waals surface area contributed by atoms with Gasteiger partial charge in [0, 0.05) is 37.6 Å². The van der Waals surface area contributed by atoms with Crippen LogP contribution in [-0.2, 0) is 4.74 Å². The van der Waals surface area contributed by atoms with E-state index in [4.69, 9.17) is 9.73 Å². The topological polar surface area (TPSA) is 48.9 Å². The van der Waals surface area contributed by atoms with E-state index < -0.39 is 0 Å². The van der Waals surface area contributed by atoms with Crippen LogP contribution in [0.25, 0.3) is 0 Å². The third-order valence-electron chi connectivity index (χ3n) is 6.51. The Bertz CT molecular complexity index is 610. The number of nitrogens with one attached hydrogen (secondary N) is 2. The van der Waals surface area contributed by atoms with Crippen molar-refractivity contribution in [1.29, 1.82) is 0 Å². The molecule has 1 unspecified atom stereocenters. The lowest BCUT2D eigenvalue weighted by atomic mass is 9.65. The molecule has 158 valence electrons. The molecule has 0 aromatic carbocycles. The molecule has 0 radical (unpaired) electrons. The van der Waals surface area contributed by atoms with E-state index in [1.165, 1.54) is 37.0 Å². The lowest BCUT2D eigenvalue weighted by Gasteiger charge is -2.41. The molecule has 2 saturated carbocycles. The van der Waals surface area contributed by atoms with Crippen LogP contribution in [-0.4, -0.2) is 56.8 Å². The van der Waals surface area contributed by atoms with E-state index in [-0.39, 0.29) is 24.0 Å². The summed E-state index contributed by atoms with van der Waals surface area (Å²) in [6.07, 6.45) is 7.01. The number of hydrogen-bond donors (Lipinski definition) is 2. The SMILES string of the molecule is CCNC(=NCC1(C2CC2)CCC1)NCC(c1cccs1)N1CCOCC1.I. The second-order valence-electron chi connectivity index (χ2n) is 8.25. The Morgan fingerprint density at radius 1 is 1.32 bits per heavy atom. The Morgan fingerprint density at radius 3 is 2.68 bits per heavy atom. The van der Waals surface area contributed by atoms with Gasteiger partial charge >= 0.3 is 0 Å². The molecule has 2 N–H and O–H groups in total. The maximum absolute atomic E-state index is 5.56. The number of thiophene rings is 1. The Hall–Kier alpha value is -0.380. The van der Waals surface area contributed by atoms with E-state index in [2.05, 4.69) is 40.0 Å². The predicted octanol–water partition coefficient (Wildman–Crippen LogP) is 3.87. The maximum Gasteiger partial charge on any atom is 0.191 e. The van der Waals surface area contributed by atoms with Gasteiger partial charge in [-0.15, -0.1) is 35.3 Å². The highest BCUT2D eigenvalue weighted by Gasteiger charge is 2.48. The fraction of sp³-hybridized carbons (Fsp3) is 0.762. The molecule has 1 atom stereocenters. The van der Waals surface area contributed by atoms with Crippen LogP contribution in [0.15, 0.2) is 22.5 Å². The zero-order valence-electron chi connectivity index (χ0n) is 17.0. The summed E-state index contributed by atoms with van der Waals surface area (Å²) in [5, 5.41) is 9.29. The van der Waals surface area contributed by atoms with E-state index in [9.17, 15) is 0 Å². The van der Waals surface area contributed by atoms with Crippen LogP contribution >= 0.6 is 35.3 Å². The van der Waals surface area contributed by atoms with E-state index in [0.29, 0.717) is 11.5 Å². The molecule has 7 heteroatoms. The molecule has 1 saturated heterocycles. The summed E-state index contributed by atoms with van der Waals surface area (Å²) in [4.78, 5) is 8.99. The molecule has 1 aliphatic heterocycles. The van der Waals surface area contributed by atoms with Gasteiger partial charge in [0.1, 0.15) is 0 Å². The van der Waals surface area contributed by atoms with Gasteiger partial charge in [0.2, 0.25) is 0 Å². The summed E-state index contributed by atoms with van der Waals surface area (Å²) in [6, 6.07) is 4.80. The second-order valence-corrected chi connectivity index (χ2v) is 9.23. The summed E-state index contributed by atoms with van der Waals surface area (Å²) in [5.41, 5.74) is 0.527. The molecule has 0 spiro atoms. The quantitative estimate of drug-likeness (QED) is 0.312. The van der Waals surface area contributed by atoms with Gasteiger partial charge in [-0.2, -0.15) is 0 Å². The molecule has 0 amide bonds. The van der Waals surface area contributed by atoms with Gasteiger partial charge in [-0.1, -0.05) is 12.5 Å². The molecule has 3 aliphatic rings. The fourth-order valence-corrected chi connectivity index (χ4v) is 5.43. The number of ether oxygens (including phenoxy) is 1. The first-order valence-electron chi connectivity index (χ1n) is 10.7. The molecule has 2 heterocycles. The van der Waals surface area contributed by atoms with Crippen molar-refractivity contribution in [3.05, 3.63) is 22.4 Å². The Balaban J connectivity index is 0.00000225. The molecular weight excluding hydrogens is 483 g/mol. The van der Waals surface area contributed by atoms with Crippen molar-refractivity contribution < 1.29 is 4.74 Å². The lowest BCUT2D eigenvalue weighted by Crippen LogP contribution is -2.46. The first-order valence-corrected chi connectivity index (χ1v) is 11.6. The van der Waals surface area contributed by atoms with E-state index in [1.807, 2.05) is 11.3 Å². The minimum Gasteiger partial charge on any atom is -0.379 e. The zero-order valence-corrected chi connectivity index (χ0v) is 20.1. The first kappa shape index (κ1) is 22.3. The van der Waals surface area contributed by atoms with Crippen LogP contribution in [0, 0.1) is 11.3 Å². The summed E-state index contributed by atoms with van der Waals surface area (Å²) in [6.45, 7) is 8.61. The minimum absolute atomic E-state index is 0. The standard InChI is InChI=1S/C21H34N4OS.HI/c1-2-22-20(24-16-21(8-4-9-21)17-6-7-17)23-15-18(19-5-3-14-27-19)25-10-12-26-13-11-25;/h3,5,14,17-18H,2,4,6-13,15-16H2,1H3,(H2,22,23,24);1H. The Morgan fingerprint density at radius 2 is 2.11 bits per heavy atom. The normalized spacial score (nSPS) is 23.4. The van der Waals surface area contributed by atoms with Crippen LogP contribution in [0.5, 0.6) is 0 Å². The highest BCUT2D eigenvalue weighted by Crippen LogP contribution is 2.57. The van der Waals surface area contributed by atoms with Gasteiger partial charge in [0.25, 0.3) is 0 Å². The van der Waals surface area contributed by atoms with Gasteiger partial charge in [-0.3, -0.25) is 9.89 Å². The molecule has 5 nitrogen and oxygen atoms in total. The van der Waals surface area contributed by atoms with Crippen LogP contribution in [0.2, 0.25) is 0 Å². The minimum atomic E-state index is 0. The fourth-order valence-electron chi connectivity index (χ4n) is 4.57. The summed E-state index contributed by atoms with van der Waals surface area (Å²) >= 11 is 1.85. The van der Waals surface area contributed by atoms with Crippen molar-refractivity contribution in [2.24, 2.45) is 16.3 Å². The zero-order chi connectivity index (χ0) is 18.5. The van der Waals surface area contributed by atoms with Crippen LogP contribution in [0.3, 0.4) is 0 Å². The number of nitrogens with zero attached hydrogens (tertiary/aromatic N) is 2. The van der Waals surface area contributed by atoms with E-state index in [1.54, 1.807) is 0 Å². The van der Waals surface area contributed by atoms with Crippen molar-refractivity contribution >= 4 is 41.3 Å². The molecule has 3 fully saturated rings. The Kier molecular flexibility index (Phi) is 8.44. The first-order chi connectivity index (χ1) is 13.3. The van der Waals surface area contributed by atoms with Crippen molar-refractivity contribution in [2.45, 2.75) is 45.1 Å². The Labute approximate surface area is 190 Å². The van der Waals surface area contributed by atoms with Gasteiger partial charge in [-0.25, -0.2) is 0 Å². The maximum atomic E-state index is 5.56. The molecule has 2 aliphatic carbocycles. The number of rotatable bonds is 8. The van der Waals surface area contributed by atoms with Crippen molar-refractivity contribution in [3.8, 4) is 0 Å². The van der Waals surface area contributed by atoms with Crippen LogP contribution < -0.4 is 10.6 Å². The highest BCUT2D eigenvalue weighted by molar-refractivity contribution is 14.0. The van der Waals surface area contributed by atoms with E-state index in [0.717, 1.165) is 57.8 Å². The molecule has 28 heavy (non-hydrogen) atoms. The molecule has 1 aromatic rings. The largest absolute Gasteiger partial charge is 0.379 e. The van der Waals surface area contributed by atoms with Crippen LogP contribution in [0.4, 0.5) is 0 Å². The molecule has 0 bridgehead atoms. The smallest absolute Gasteiger partial charge is 0.191 e. The predicted molar refractivity (Wildman–Crippen MR) is 128 cm³/mol. The lowest BCUT2D eigenvalue weighted by molar-refractivity contribution is 0.0177. The third kappa shape index (κ3) is 5.40. The van der Waals surface area contributed by atoms with Gasteiger partial charge in [0.15, 0.2) is 5.96 Å². The van der Waals surface area contributed by atoms with Crippen molar-refractivity contribution in [2.75, 3.05) is 45.9 Å². The van der Waals surface area contributed by atoms with Crippen molar-refractivity contribution in [3.63, 3.8) is 0 Å². The number of hydrogen-bond acceptors (Lipinski definition) is 4. The number of halogens is 1.